The van der Waals surface area contributed by atoms with Crippen molar-refractivity contribution in [1.29, 1.82) is 0 Å². The standard InChI is InChI=1S/C14H16IN3O/c1-3-16-14-11(15)12(9-4-5-9)17-13(18-14)10-6-7-19-8(10)2/h6-7,9H,3-5H2,1-2H3,(H,16,17,18). The molecule has 2 aromatic heterocycles. The maximum Gasteiger partial charge on any atom is 0.165 e. The van der Waals surface area contributed by atoms with Crippen LogP contribution >= 0.6 is 22.6 Å². The first-order valence-electron chi connectivity index (χ1n) is 6.56. The van der Waals surface area contributed by atoms with Gasteiger partial charge in [0.05, 0.1) is 21.1 Å². The highest BCUT2D eigenvalue weighted by atomic mass is 127. The van der Waals surface area contributed by atoms with Gasteiger partial charge in [-0.3, -0.25) is 0 Å². The van der Waals surface area contributed by atoms with Gasteiger partial charge in [-0.25, -0.2) is 9.97 Å². The molecule has 2 aromatic rings. The predicted octanol–water partition coefficient (Wildman–Crippen LogP) is 3.96. The molecule has 5 heteroatoms. The van der Waals surface area contributed by atoms with E-state index < -0.39 is 0 Å². The number of nitrogens with one attached hydrogen (secondary N) is 1. The van der Waals surface area contributed by atoms with Gasteiger partial charge < -0.3 is 9.73 Å². The van der Waals surface area contributed by atoms with Crippen LogP contribution in [0.15, 0.2) is 16.7 Å². The lowest BCUT2D eigenvalue weighted by molar-refractivity contribution is 0.535. The van der Waals surface area contributed by atoms with Crippen molar-refractivity contribution in [2.75, 3.05) is 11.9 Å². The summed E-state index contributed by atoms with van der Waals surface area (Å²) < 4.78 is 6.52. The number of anilines is 1. The van der Waals surface area contributed by atoms with Crippen LogP contribution in [-0.2, 0) is 0 Å². The van der Waals surface area contributed by atoms with Crippen molar-refractivity contribution in [2.24, 2.45) is 0 Å². The number of hydrogen-bond donors (Lipinski definition) is 1. The van der Waals surface area contributed by atoms with Gasteiger partial charge in [0.2, 0.25) is 0 Å². The van der Waals surface area contributed by atoms with Crippen LogP contribution in [0.5, 0.6) is 0 Å². The summed E-state index contributed by atoms with van der Waals surface area (Å²) in [7, 11) is 0. The van der Waals surface area contributed by atoms with Crippen molar-refractivity contribution in [3.8, 4) is 11.4 Å². The Labute approximate surface area is 126 Å². The van der Waals surface area contributed by atoms with E-state index in [4.69, 9.17) is 9.40 Å². The number of rotatable bonds is 4. The van der Waals surface area contributed by atoms with E-state index in [1.165, 1.54) is 18.5 Å². The highest BCUT2D eigenvalue weighted by Gasteiger charge is 2.29. The largest absolute Gasteiger partial charge is 0.469 e. The van der Waals surface area contributed by atoms with Crippen molar-refractivity contribution in [3.05, 3.63) is 27.4 Å². The fraction of sp³-hybridized carbons (Fsp3) is 0.429. The molecular formula is C14H16IN3O. The molecular weight excluding hydrogens is 353 g/mol. The van der Waals surface area contributed by atoms with E-state index in [1.54, 1.807) is 6.26 Å². The molecule has 0 amide bonds. The van der Waals surface area contributed by atoms with E-state index in [9.17, 15) is 0 Å². The van der Waals surface area contributed by atoms with Crippen molar-refractivity contribution < 1.29 is 4.42 Å². The Morgan fingerprint density at radius 3 is 2.79 bits per heavy atom. The van der Waals surface area contributed by atoms with Crippen LogP contribution in [0.3, 0.4) is 0 Å². The second kappa shape index (κ2) is 5.11. The minimum Gasteiger partial charge on any atom is -0.469 e. The maximum absolute atomic E-state index is 5.36. The van der Waals surface area contributed by atoms with E-state index in [0.717, 1.165) is 33.1 Å². The molecule has 4 nitrogen and oxygen atoms in total. The third kappa shape index (κ3) is 2.48. The fourth-order valence-corrected chi connectivity index (χ4v) is 2.99. The lowest BCUT2D eigenvalue weighted by Crippen LogP contribution is -2.07. The second-order valence-electron chi connectivity index (χ2n) is 4.79. The number of aromatic nitrogens is 2. The third-order valence-electron chi connectivity index (χ3n) is 3.28. The number of nitrogens with zero attached hydrogens (tertiary/aromatic N) is 2. The molecule has 1 fully saturated rings. The van der Waals surface area contributed by atoms with Crippen LogP contribution in [0.25, 0.3) is 11.4 Å². The molecule has 1 aliphatic carbocycles. The van der Waals surface area contributed by atoms with Crippen LogP contribution in [0.1, 0.15) is 37.1 Å². The summed E-state index contributed by atoms with van der Waals surface area (Å²) in [6.07, 6.45) is 4.17. The van der Waals surface area contributed by atoms with Gasteiger partial charge >= 0.3 is 0 Å². The Kier molecular flexibility index (Phi) is 3.47. The summed E-state index contributed by atoms with van der Waals surface area (Å²) in [5.41, 5.74) is 2.17. The van der Waals surface area contributed by atoms with E-state index in [0.29, 0.717) is 5.92 Å². The Morgan fingerprint density at radius 2 is 2.21 bits per heavy atom. The summed E-state index contributed by atoms with van der Waals surface area (Å²) in [6, 6.07) is 1.93. The molecule has 0 bridgehead atoms. The molecule has 1 saturated carbocycles. The topological polar surface area (TPSA) is 51.0 Å². The van der Waals surface area contributed by atoms with Crippen LogP contribution in [0.2, 0.25) is 0 Å². The first-order chi connectivity index (χ1) is 9.20. The van der Waals surface area contributed by atoms with Crippen LogP contribution in [-0.4, -0.2) is 16.5 Å². The van der Waals surface area contributed by atoms with E-state index in [1.807, 2.05) is 13.0 Å². The lowest BCUT2D eigenvalue weighted by Gasteiger charge is -2.11. The van der Waals surface area contributed by atoms with Gasteiger partial charge in [-0.2, -0.15) is 0 Å². The molecule has 0 spiro atoms. The summed E-state index contributed by atoms with van der Waals surface area (Å²) in [4.78, 5) is 9.41. The highest BCUT2D eigenvalue weighted by Crippen LogP contribution is 2.43. The molecule has 0 aliphatic heterocycles. The predicted molar refractivity (Wildman–Crippen MR) is 83.3 cm³/mol. The summed E-state index contributed by atoms with van der Waals surface area (Å²) in [5.74, 6) is 3.18. The van der Waals surface area contributed by atoms with Crippen molar-refractivity contribution in [3.63, 3.8) is 0 Å². The molecule has 1 N–H and O–H groups in total. The first-order valence-corrected chi connectivity index (χ1v) is 7.64. The normalized spacial score (nSPS) is 14.7. The average molecular weight is 369 g/mol. The van der Waals surface area contributed by atoms with Gasteiger partial charge in [0.1, 0.15) is 11.6 Å². The van der Waals surface area contributed by atoms with Crippen molar-refractivity contribution >= 4 is 28.4 Å². The Bertz CT molecular complexity index is 605. The lowest BCUT2D eigenvalue weighted by atomic mass is 10.2. The second-order valence-corrected chi connectivity index (χ2v) is 5.87. The Hall–Kier alpha value is -1.11. The summed E-state index contributed by atoms with van der Waals surface area (Å²) in [5, 5.41) is 3.33. The molecule has 0 aromatic carbocycles. The minimum atomic E-state index is 0.610. The SMILES string of the molecule is CCNc1nc(-c2ccoc2C)nc(C2CC2)c1I. The van der Waals surface area contributed by atoms with Crippen molar-refractivity contribution in [1.82, 2.24) is 9.97 Å². The number of aryl methyl sites for hydroxylation is 1. The molecule has 0 unspecified atom stereocenters. The molecule has 3 rings (SSSR count). The molecule has 2 heterocycles. The zero-order chi connectivity index (χ0) is 13.4. The smallest absolute Gasteiger partial charge is 0.165 e. The van der Waals surface area contributed by atoms with Gasteiger partial charge in [0.25, 0.3) is 0 Å². The van der Waals surface area contributed by atoms with Crippen LogP contribution in [0.4, 0.5) is 5.82 Å². The van der Waals surface area contributed by atoms with Gasteiger partial charge in [0, 0.05) is 12.5 Å². The number of halogens is 1. The number of hydrogen-bond acceptors (Lipinski definition) is 4. The Morgan fingerprint density at radius 1 is 1.42 bits per heavy atom. The first kappa shape index (κ1) is 12.9. The molecule has 100 valence electrons. The average Bonchev–Trinajstić information content (AvgIpc) is 3.14. The molecule has 0 atom stereocenters. The summed E-state index contributed by atoms with van der Waals surface area (Å²) in [6.45, 7) is 4.89. The Balaban J connectivity index is 2.12. The van der Waals surface area contributed by atoms with E-state index in [-0.39, 0.29) is 0 Å². The van der Waals surface area contributed by atoms with Crippen LogP contribution < -0.4 is 5.32 Å². The monoisotopic (exact) mass is 369 g/mol. The van der Waals surface area contributed by atoms with Gasteiger partial charge in [-0.05, 0) is 55.3 Å². The zero-order valence-corrected chi connectivity index (χ0v) is 13.2. The molecule has 0 radical (unpaired) electrons. The summed E-state index contributed by atoms with van der Waals surface area (Å²) >= 11 is 2.35. The van der Waals surface area contributed by atoms with Gasteiger partial charge in [0.15, 0.2) is 5.82 Å². The van der Waals surface area contributed by atoms with E-state index in [2.05, 4.69) is 39.8 Å². The third-order valence-corrected chi connectivity index (χ3v) is 4.35. The van der Waals surface area contributed by atoms with Gasteiger partial charge in [-0.1, -0.05) is 0 Å². The number of furan rings is 1. The van der Waals surface area contributed by atoms with Crippen molar-refractivity contribution in [2.45, 2.75) is 32.6 Å². The highest BCUT2D eigenvalue weighted by molar-refractivity contribution is 14.1. The quantitative estimate of drug-likeness (QED) is 0.829. The van der Waals surface area contributed by atoms with E-state index >= 15 is 0 Å². The van der Waals surface area contributed by atoms with Crippen LogP contribution in [0, 0.1) is 10.5 Å². The fourth-order valence-electron chi connectivity index (χ4n) is 2.11. The maximum atomic E-state index is 5.36. The van der Waals surface area contributed by atoms with Gasteiger partial charge in [-0.15, -0.1) is 0 Å². The minimum absolute atomic E-state index is 0.610. The molecule has 19 heavy (non-hydrogen) atoms. The molecule has 0 saturated heterocycles. The zero-order valence-electron chi connectivity index (χ0n) is 11.0. The molecule has 1 aliphatic rings.